The zero-order valence-corrected chi connectivity index (χ0v) is 17.8. The highest BCUT2D eigenvalue weighted by molar-refractivity contribution is 5.36. The Kier molecular flexibility index (Phi) is 8.69. The smallest absolute Gasteiger partial charge is 0.180 e. The van der Waals surface area contributed by atoms with E-state index in [0.717, 1.165) is 36.6 Å². The predicted molar refractivity (Wildman–Crippen MR) is 117 cm³/mol. The minimum absolute atomic E-state index is 0.365. The van der Waals surface area contributed by atoms with Crippen LogP contribution in [-0.4, -0.2) is 39.2 Å². The van der Waals surface area contributed by atoms with Crippen molar-refractivity contribution in [3.8, 4) is 0 Å². The number of ether oxygens (including phenoxy) is 3. The molecule has 1 aliphatic carbocycles. The van der Waals surface area contributed by atoms with Gasteiger partial charge >= 0.3 is 0 Å². The van der Waals surface area contributed by atoms with E-state index in [0.29, 0.717) is 19.8 Å². The fraction of sp³-hybridized carbons (Fsp3) is 0.520. The Morgan fingerprint density at radius 1 is 0.897 bits per heavy atom. The van der Waals surface area contributed by atoms with Crippen molar-refractivity contribution in [2.24, 2.45) is 5.92 Å². The van der Waals surface area contributed by atoms with E-state index in [9.17, 15) is 0 Å². The van der Waals surface area contributed by atoms with E-state index in [1.54, 1.807) is 0 Å². The molecule has 3 rings (SSSR count). The van der Waals surface area contributed by atoms with Crippen LogP contribution in [-0.2, 0) is 19.8 Å². The van der Waals surface area contributed by atoms with Gasteiger partial charge in [0.2, 0.25) is 0 Å². The van der Waals surface area contributed by atoms with Gasteiger partial charge in [0, 0.05) is 13.2 Å². The standard InChI is InChI=1S/C25H35NO3/c1-3-27-24(28-4-2)20-29-25(22-11-7-5-8-12-22,23-13-9-6-10-14-23)17-18-26-19-21-15-16-21/h5-14,21,24,26H,3-4,15-20H2,1-2H3. The molecule has 2 aromatic rings. The fourth-order valence-electron chi connectivity index (χ4n) is 3.73. The summed E-state index contributed by atoms with van der Waals surface area (Å²) in [6.07, 6.45) is 3.20. The molecule has 0 unspecified atom stereocenters. The monoisotopic (exact) mass is 397 g/mol. The van der Waals surface area contributed by atoms with Crippen molar-refractivity contribution in [1.82, 2.24) is 5.32 Å². The van der Waals surface area contributed by atoms with Gasteiger partial charge in [0.25, 0.3) is 0 Å². The van der Waals surface area contributed by atoms with Crippen molar-refractivity contribution < 1.29 is 14.2 Å². The molecule has 1 fully saturated rings. The summed E-state index contributed by atoms with van der Waals surface area (Å²) in [4.78, 5) is 0. The Morgan fingerprint density at radius 3 is 1.93 bits per heavy atom. The Balaban J connectivity index is 1.85. The van der Waals surface area contributed by atoms with Crippen LogP contribution in [0.25, 0.3) is 0 Å². The summed E-state index contributed by atoms with van der Waals surface area (Å²) in [6.45, 7) is 7.54. The minimum atomic E-state index is -0.550. The highest BCUT2D eigenvalue weighted by Gasteiger charge is 2.36. The van der Waals surface area contributed by atoms with Gasteiger partial charge in [-0.2, -0.15) is 0 Å². The summed E-state index contributed by atoms with van der Waals surface area (Å²) in [5.74, 6) is 0.860. The molecule has 4 nitrogen and oxygen atoms in total. The molecule has 0 aromatic heterocycles. The summed E-state index contributed by atoms with van der Waals surface area (Å²) in [7, 11) is 0. The fourth-order valence-corrected chi connectivity index (χ4v) is 3.73. The Labute approximate surface area is 175 Å². The second kappa shape index (κ2) is 11.5. The van der Waals surface area contributed by atoms with Gasteiger partial charge in [-0.05, 0) is 63.2 Å². The highest BCUT2D eigenvalue weighted by atomic mass is 16.7. The van der Waals surface area contributed by atoms with Crippen LogP contribution in [0, 0.1) is 5.92 Å². The van der Waals surface area contributed by atoms with Crippen LogP contribution in [0.2, 0.25) is 0 Å². The average molecular weight is 398 g/mol. The maximum atomic E-state index is 6.70. The van der Waals surface area contributed by atoms with E-state index in [4.69, 9.17) is 14.2 Å². The van der Waals surface area contributed by atoms with Crippen LogP contribution in [0.15, 0.2) is 60.7 Å². The van der Waals surface area contributed by atoms with Crippen LogP contribution in [0.1, 0.15) is 44.2 Å². The largest absolute Gasteiger partial charge is 0.360 e. The lowest BCUT2D eigenvalue weighted by Crippen LogP contribution is -2.38. The van der Waals surface area contributed by atoms with E-state index in [1.807, 2.05) is 26.0 Å². The molecule has 0 amide bonds. The van der Waals surface area contributed by atoms with Crippen LogP contribution in [0.5, 0.6) is 0 Å². The van der Waals surface area contributed by atoms with Crippen LogP contribution in [0.3, 0.4) is 0 Å². The summed E-state index contributed by atoms with van der Waals surface area (Å²) in [5, 5.41) is 3.64. The molecule has 158 valence electrons. The van der Waals surface area contributed by atoms with Crippen molar-refractivity contribution in [3.05, 3.63) is 71.8 Å². The van der Waals surface area contributed by atoms with Gasteiger partial charge in [0.05, 0.1) is 6.61 Å². The summed E-state index contributed by atoms with van der Waals surface area (Å²) in [6, 6.07) is 21.0. The van der Waals surface area contributed by atoms with Crippen LogP contribution in [0.4, 0.5) is 0 Å². The third-order valence-corrected chi connectivity index (χ3v) is 5.43. The summed E-state index contributed by atoms with van der Waals surface area (Å²) in [5.41, 5.74) is 1.77. The number of hydrogen-bond acceptors (Lipinski definition) is 4. The van der Waals surface area contributed by atoms with Crippen molar-refractivity contribution in [1.29, 1.82) is 0 Å². The molecule has 2 aromatic carbocycles. The first-order chi connectivity index (χ1) is 14.3. The quantitative estimate of drug-likeness (QED) is 0.369. The molecule has 0 aliphatic heterocycles. The van der Waals surface area contributed by atoms with Gasteiger partial charge in [-0.25, -0.2) is 0 Å². The third-order valence-electron chi connectivity index (χ3n) is 5.43. The van der Waals surface area contributed by atoms with Crippen LogP contribution >= 0.6 is 0 Å². The maximum Gasteiger partial charge on any atom is 0.180 e. The first kappa shape index (κ1) is 22.0. The molecular weight excluding hydrogens is 362 g/mol. The first-order valence-electron chi connectivity index (χ1n) is 11.0. The molecule has 29 heavy (non-hydrogen) atoms. The lowest BCUT2D eigenvalue weighted by atomic mass is 9.83. The minimum Gasteiger partial charge on any atom is -0.360 e. The normalized spacial score (nSPS) is 14.4. The van der Waals surface area contributed by atoms with Gasteiger partial charge in [0.15, 0.2) is 6.29 Å². The van der Waals surface area contributed by atoms with Gasteiger partial charge in [-0.15, -0.1) is 0 Å². The molecule has 1 aliphatic rings. The molecule has 4 heteroatoms. The lowest BCUT2D eigenvalue weighted by molar-refractivity contribution is -0.189. The molecule has 0 radical (unpaired) electrons. The van der Waals surface area contributed by atoms with Gasteiger partial charge in [-0.3, -0.25) is 0 Å². The molecule has 0 bridgehead atoms. The predicted octanol–water partition coefficient (Wildman–Crippen LogP) is 4.74. The number of nitrogens with one attached hydrogen (secondary N) is 1. The molecule has 1 N–H and O–H groups in total. The Morgan fingerprint density at radius 2 is 1.45 bits per heavy atom. The van der Waals surface area contributed by atoms with Crippen LogP contribution < -0.4 is 5.32 Å². The maximum absolute atomic E-state index is 6.70. The molecule has 1 saturated carbocycles. The van der Waals surface area contributed by atoms with Crippen molar-refractivity contribution >= 4 is 0 Å². The van der Waals surface area contributed by atoms with E-state index < -0.39 is 5.60 Å². The lowest BCUT2D eigenvalue weighted by Gasteiger charge is -2.36. The first-order valence-corrected chi connectivity index (χ1v) is 11.0. The van der Waals surface area contributed by atoms with Crippen molar-refractivity contribution in [3.63, 3.8) is 0 Å². The summed E-state index contributed by atoms with van der Waals surface area (Å²) >= 11 is 0. The zero-order valence-electron chi connectivity index (χ0n) is 17.8. The Bertz CT molecular complexity index is 642. The topological polar surface area (TPSA) is 39.7 Å². The SMILES string of the molecule is CCOC(COC(CCNCC1CC1)(c1ccccc1)c1ccccc1)OCC. The molecular formula is C25H35NO3. The number of benzene rings is 2. The van der Waals surface area contributed by atoms with Crippen molar-refractivity contribution in [2.45, 2.75) is 45.0 Å². The zero-order chi connectivity index (χ0) is 20.4. The average Bonchev–Trinajstić information content (AvgIpc) is 3.59. The van der Waals surface area contributed by atoms with Gasteiger partial charge < -0.3 is 19.5 Å². The Hall–Kier alpha value is -1.72. The van der Waals surface area contributed by atoms with E-state index in [1.165, 1.54) is 12.8 Å². The second-order valence-electron chi connectivity index (χ2n) is 7.61. The molecule has 0 atom stereocenters. The van der Waals surface area contributed by atoms with Gasteiger partial charge in [0.1, 0.15) is 5.60 Å². The van der Waals surface area contributed by atoms with E-state index in [2.05, 4.69) is 53.8 Å². The second-order valence-corrected chi connectivity index (χ2v) is 7.61. The molecule has 0 heterocycles. The third kappa shape index (κ3) is 6.38. The van der Waals surface area contributed by atoms with E-state index in [-0.39, 0.29) is 6.29 Å². The summed E-state index contributed by atoms with van der Waals surface area (Å²) < 4.78 is 18.2. The van der Waals surface area contributed by atoms with E-state index >= 15 is 0 Å². The molecule has 0 spiro atoms. The molecule has 0 saturated heterocycles. The van der Waals surface area contributed by atoms with Crippen molar-refractivity contribution in [2.75, 3.05) is 32.9 Å². The number of rotatable bonds is 14. The number of hydrogen-bond donors (Lipinski definition) is 1. The highest BCUT2D eigenvalue weighted by Crippen LogP contribution is 2.37. The van der Waals surface area contributed by atoms with Gasteiger partial charge in [-0.1, -0.05) is 60.7 Å².